The van der Waals surface area contributed by atoms with Crippen molar-refractivity contribution in [2.45, 2.75) is 18.7 Å². The number of carbonyl (C=O) groups is 1. The highest BCUT2D eigenvalue weighted by Gasteiger charge is 2.33. The molecule has 3 nitrogen and oxygen atoms in total. The minimum Gasteiger partial charge on any atom is -0.352 e. The summed E-state index contributed by atoms with van der Waals surface area (Å²) in [6, 6.07) is 9.89. The highest BCUT2D eigenvalue weighted by molar-refractivity contribution is 5.50. The normalized spacial score (nSPS) is 24.4. The van der Waals surface area contributed by atoms with Crippen LogP contribution in [0.3, 0.4) is 0 Å². The van der Waals surface area contributed by atoms with Gasteiger partial charge in [0.2, 0.25) is 6.41 Å². The van der Waals surface area contributed by atoms with Crippen LogP contribution < -0.4 is 0 Å². The van der Waals surface area contributed by atoms with Crippen molar-refractivity contribution < 1.29 is 9.53 Å². The van der Waals surface area contributed by atoms with Crippen LogP contribution in [-0.4, -0.2) is 24.0 Å². The van der Waals surface area contributed by atoms with E-state index in [1.54, 1.807) is 4.90 Å². The zero-order valence-electron chi connectivity index (χ0n) is 9.08. The maximum Gasteiger partial charge on any atom is 0.212 e. The van der Waals surface area contributed by atoms with Gasteiger partial charge in [-0.05, 0) is 6.42 Å². The van der Waals surface area contributed by atoms with E-state index >= 15 is 0 Å². The summed E-state index contributed by atoms with van der Waals surface area (Å²) >= 11 is 0. The molecule has 1 aromatic carbocycles. The van der Waals surface area contributed by atoms with Crippen molar-refractivity contribution >= 4 is 6.41 Å². The Labute approximate surface area is 95.3 Å². The van der Waals surface area contributed by atoms with Gasteiger partial charge in [-0.2, -0.15) is 0 Å². The monoisotopic (exact) mass is 217 g/mol. The lowest BCUT2D eigenvalue weighted by Crippen LogP contribution is -2.31. The lowest BCUT2D eigenvalue weighted by Gasteiger charge is -2.23. The third-order valence-electron chi connectivity index (χ3n) is 2.78. The standard InChI is InChI=1S/C13H15NO2/c1-2-6-12-9-16-13(14(12)10-15)11-7-4-3-5-8-11/h2-5,7-8,10,12-13H,1,6,9H2/t12?,13-/m1/s1. The van der Waals surface area contributed by atoms with Crippen LogP contribution in [0.5, 0.6) is 0 Å². The summed E-state index contributed by atoms with van der Waals surface area (Å²) in [5.74, 6) is 0. The van der Waals surface area contributed by atoms with Crippen LogP contribution in [0.15, 0.2) is 43.0 Å². The molecule has 0 aromatic heterocycles. The van der Waals surface area contributed by atoms with Gasteiger partial charge < -0.3 is 9.64 Å². The molecule has 1 aromatic rings. The van der Waals surface area contributed by atoms with E-state index in [1.165, 1.54) is 0 Å². The van der Waals surface area contributed by atoms with Crippen molar-refractivity contribution in [3.8, 4) is 0 Å². The van der Waals surface area contributed by atoms with E-state index in [-0.39, 0.29) is 12.3 Å². The fraction of sp³-hybridized carbons (Fsp3) is 0.308. The van der Waals surface area contributed by atoms with Gasteiger partial charge in [0, 0.05) is 5.56 Å². The molecule has 0 spiro atoms. The highest BCUT2D eigenvalue weighted by Crippen LogP contribution is 2.30. The SMILES string of the molecule is C=CCC1CO[C@H](c2ccccc2)N1C=O. The molecule has 1 fully saturated rings. The summed E-state index contributed by atoms with van der Waals surface area (Å²) in [4.78, 5) is 12.8. The van der Waals surface area contributed by atoms with Crippen molar-refractivity contribution in [1.82, 2.24) is 4.90 Å². The third-order valence-corrected chi connectivity index (χ3v) is 2.78. The van der Waals surface area contributed by atoms with Crippen molar-refractivity contribution in [3.63, 3.8) is 0 Å². The zero-order valence-corrected chi connectivity index (χ0v) is 9.08. The molecule has 1 unspecified atom stereocenters. The second-order valence-electron chi connectivity index (χ2n) is 3.83. The molecule has 2 atom stereocenters. The van der Waals surface area contributed by atoms with Gasteiger partial charge in [0.25, 0.3) is 0 Å². The smallest absolute Gasteiger partial charge is 0.212 e. The van der Waals surface area contributed by atoms with Crippen molar-refractivity contribution in [3.05, 3.63) is 48.6 Å². The Morgan fingerprint density at radius 1 is 1.44 bits per heavy atom. The van der Waals surface area contributed by atoms with E-state index in [4.69, 9.17) is 4.74 Å². The Kier molecular flexibility index (Phi) is 3.37. The van der Waals surface area contributed by atoms with Crippen LogP contribution in [-0.2, 0) is 9.53 Å². The number of hydrogen-bond donors (Lipinski definition) is 0. The molecule has 1 saturated heterocycles. The minimum atomic E-state index is -0.247. The number of carbonyl (C=O) groups excluding carboxylic acids is 1. The van der Waals surface area contributed by atoms with Gasteiger partial charge in [-0.15, -0.1) is 6.58 Å². The first-order valence-electron chi connectivity index (χ1n) is 5.37. The Morgan fingerprint density at radius 3 is 2.81 bits per heavy atom. The maximum atomic E-state index is 11.1. The quantitative estimate of drug-likeness (QED) is 0.571. The molecule has 1 aliphatic heterocycles. The Hall–Kier alpha value is -1.61. The fourth-order valence-electron chi connectivity index (χ4n) is 1.98. The second-order valence-corrected chi connectivity index (χ2v) is 3.83. The summed E-state index contributed by atoms with van der Waals surface area (Å²) in [5, 5.41) is 0. The van der Waals surface area contributed by atoms with Gasteiger partial charge in [-0.1, -0.05) is 36.4 Å². The molecular weight excluding hydrogens is 202 g/mol. The molecule has 0 N–H and O–H groups in total. The van der Waals surface area contributed by atoms with Gasteiger partial charge in [0.05, 0.1) is 12.6 Å². The summed E-state index contributed by atoms with van der Waals surface area (Å²) < 4.78 is 5.65. The summed E-state index contributed by atoms with van der Waals surface area (Å²) in [7, 11) is 0. The molecule has 0 bridgehead atoms. The first-order valence-corrected chi connectivity index (χ1v) is 5.37. The number of hydrogen-bond acceptors (Lipinski definition) is 2. The van der Waals surface area contributed by atoms with Gasteiger partial charge >= 0.3 is 0 Å². The van der Waals surface area contributed by atoms with Gasteiger partial charge in [-0.25, -0.2) is 0 Å². The summed E-state index contributed by atoms with van der Waals surface area (Å²) in [6.45, 7) is 4.27. The van der Waals surface area contributed by atoms with E-state index in [1.807, 2.05) is 36.4 Å². The Morgan fingerprint density at radius 2 is 2.19 bits per heavy atom. The van der Waals surface area contributed by atoms with Gasteiger partial charge in [-0.3, -0.25) is 4.79 Å². The molecule has 2 rings (SSSR count). The number of rotatable bonds is 4. The summed E-state index contributed by atoms with van der Waals surface area (Å²) in [6.07, 6.45) is 3.20. The molecular formula is C13H15NO2. The first-order chi connectivity index (χ1) is 7.86. The van der Waals surface area contributed by atoms with E-state index < -0.39 is 0 Å². The van der Waals surface area contributed by atoms with Crippen LogP contribution in [0.25, 0.3) is 0 Å². The van der Waals surface area contributed by atoms with Crippen molar-refractivity contribution in [1.29, 1.82) is 0 Å². The van der Waals surface area contributed by atoms with E-state index in [2.05, 4.69) is 6.58 Å². The number of ether oxygens (including phenoxy) is 1. The highest BCUT2D eigenvalue weighted by atomic mass is 16.5. The van der Waals surface area contributed by atoms with E-state index in [9.17, 15) is 4.79 Å². The average molecular weight is 217 g/mol. The Bertz CT molecular complexity index is 363. The van der Waals surface area contributed by atoms with E-state index in [0.717, 1.165) is 18.4 Å². The lowest BCUT2D eigenvalue weighted by atomic mass is 10.1. The van der Waals surface area contributed by atoms with Crippen LogP contribution >= 0.6 is 0 Å². The van der Waals surface area contributed by atoms with Crippen LogP contribution in [0.4, 0.5) is 0 Å². The van der Waals surface area contributed by atoms with Gasteiger partial charge in [0.1, 0.15) is 0 Å². The molecule has 84 valence electrons. The number of amides is 1. The van der Waals surface area contributed by atoms with Crippen LogP contribution in [0.2, 0.25) is 0 Å². The summed E-state index contributed by atoms with van der Waals surface area (Å²) in [5.41, 5.74) is 1.01. The van der Waals surface area contributed by atoms with Gasteiger partial charge in [0.15, 0.2) is 6.23 Å². The largest absolute Gasteiger partial charge is 0.352 e. The predicted octanol–water partition coefficient (Wildman–Crippen LogP) is 2.12. The second kappa shape index (κ2) is 4.94. The molecule has 1 heterocycles. The van der Waals surface area contributed by atoms with Crippen molar-refractivity contribution in [2.75, 3.05) is 6.61 Å². The minimum absolute atomic E-state index is 0.111. The lowest BCUT2D eigenvalue weighted by molar-refractivity contribution is -0.124. The molecule has 1 aliphatic rings. The van der Waals surface area contributed by atoms with Crippen molar-refractivity contribution in [2.24, 2.45) is 0 Å². The molecule has 16 heavy (non-hydrogen) atoms. The average Bonchev–Trinajstić information content (AvgIpc) is 2.73. The maximum absolute atomic E-state index is 11.1. The topological polar surface area (TPSA) is 29.5 Å². The van der Waals surface area contributed by atoms with E-state index in [0.29, 0.717) is 6.61 Å². The number of nitrogens with zero attached hydrogens (tertiary/aromatic N) is 1. The molecule has 3 heteroatoms. The molecule has 1 amide bonds. The number of benzene rings is 1. The predicted molar refractivity (Wildman–Crippen MR) is 61.6 cm³/mol. The van der Waals surface area contributed by atoms with Crippen LogP contribution in [0.1, 0.15) is 18.2 Å². The third kappa shape index (κ3) is 1.99. The first kappa shape index (κ1) is 10.9. The Balaban J connectivity index is 2.17. The molecule has 0 radical (unpaired) electrons. The fourth-order valence-corrected chi connectivity index (χ4v) is 1.98. The molecule has 0 saturated carbocycles. The molecule has 0 aliphatic carbocycles. The zero-order chi connectivity index (χ0) is 11.4. The van der Waals surface area contributed by atoms with Crippen LogP contribution in [0, 0.1) is 0 Å².